The van der Waals surface area contributed by atoms with Crippen molar-refractivity contribution < 1.29 is 14.7 Å². The predicted molar refractivity (Wildman–Crippen MR) is 125 cm³/mol. The first-order valence-electron chi connectivity index (χ1n) is 10.6. The van der Waals surface area contributed by atoms with Crippen molar-refractivity contribution >= 4 is 38.4 Å². The van der Waals surface area contributed by atoms with Gasteiger partial charge >= 0.3 is 0 Å². The number of rotatable bonds is 6. The van der Waals surface area contributed by atoms with Gasteiger partial charge in [0.25, 0.3) is 5.91 Å². The molecule has 0 saturated heterocycles. The summed E-state index contributed by atoms with van der Waals surface area (Å²) in [5, 5.41) is 11.3. The molecule has 4 rings (SSSR count). The van der Waals surface area contributed by atoms with E-state index in [9.17, 15) is 14.7 Å². The van der Waals surface area contributed by atoms with Crippen molar-refractivity contribution in [2.24, 2.45) is 5.92 Å². The van der Waals surface area contributed by atoms with Crippen molar-refractivity contribution in [1.29, 1.82) is 0 Å². The van der Waals surface area contributed by atoms with Gasteiger partial charge in [-0.3, -0.25) is 14.5 Å². The number of carbonyl (C=O) groups excluding carboxylic acids is 2. The number of hydrogen-bond donors (Lipinski definition) is 1. The van der Waals surface area contributed by atoms with Crippen LogP contribution in [0.5, 0.6) is 0 Å². The third-order valence-corrected chi connectivity index (χ3v) is 6.53. The lowest BCUT2D eigenvalue weighted by Crippen LogP contribution is -2.31. The van der Waals surface area contributed by atoms with Gasteiger partial charge in [0.1, 0.15) is 0 Å². The van der Waals surface area contributed by atoms with Crippen molar-refractivity contribution in [3.8, 4) is 0 Å². The van der Waals surface area contributed by atoms with E-state index < -0.39 is 17.7 Å². The normalized spacial score (nSPS) is 16.7. The maximum absolute atomic E-state index is 13.2. The highest BCUT2D eigenvalue weighted by Crippen LogP contribution is 2.44. The molecule has 31 heavy (non-hydrogen) atoms. The number of aliphatic hydroxyl groups excluding tert-OH is 1. The van der Waals surface area contributed by atoms with Gasteiger partial charge in [0.15, 0.2) is 16.7 Å². The summed E-state index contributed by atoms with van der Waals surface area (Å²) in [5.41, 5.74) is 3.97. The maximum Gasteiger partial charge on any atom is 0.296 e. The zero-order chi connectivity index (χ0) is 22.3. The Hall–Kier alpha value is -2.99. The lowest BCUT2D eigenvalue weighted by molar-refractivity contribution is -0.118. The van der Waals surface area contributed by atoms with Gasteiger partial charge < -0.3 is 5.11 Å². The number of fused-ring (bicyclic) bond motifs is 1. The standard InChI is InChI=1S/C25H26N2O3S/c1-5-16-9-10-18-20(13-16)31-25(26-18)27-22(17-8-6-7-15(4)12-17)21(23(29)24(27)30)19(28)11-14(2)3/h6-10,12-14,22,29H,5,11H2,1-4H3. The third kappa shape index (κ3) is 3.88. The highest BCUT2D eigenvalue weighted by Gasteiger charge is 2.45. The molecule has 0 aliphatic carbocycles. The summed E-state index contributed by atoms with van der Waals surface area (Å²) in [4.78, 5) is 32.5. The topological polar surface area (TPSA) is 70.5 Å². The minimum atomic E-state index is -0.690. The first-order chi connectivity index (χ1) is 14.8. The number of amides is 1. The summed E-state index contributed by atoms with van der Waals surface area (Å²) in [6.07, 6.45) is 1.18. The molecule has 1 aromatic heterocycles. The monoisotopic (exact) mass is 434 g/mol. The molecule has 1 unspecified atom stereocenters. The SMILES string of the molecule is CCc1ccc2nc(N3C(=O)C(O)=C(C(=O)CC(C)C)C3c3cccc(C)c3)sc2c1. The van der Waals surface area contributed by atoms with Crippen LogP contribution in [0.25, 0.3) is 10.2 Å². The predicted octanol–water partition coefficient (Wildman–Crippen LogP) is 5.68. The number of aliphatic hydroxyl groups is 1. The summed E-state index contributed by atoms with van der Waals surface area (Å²) in [7, 11) is 0. The van der Waals surface area contributed by atoms with Gasteiger partial charge in [0.2, 0.25) is 0 Å². The van der Waals surface area contributed by atoms with Crippen LogP contribution in [0.15, 0.2) is 53.8 Å². The molecule has 160 valence electrons. The number of hydrogen-bond acceptors (Lipinski definition) is 5. The number of aryl methyl sites for hydroxylation is 2. The van der Waals surface area contributed by atoms with Crippen LogP contribution < -0.4 is 4.90 Å². The van der Waals surface area contributed by atoms with E-state index in [1.165, 1.54) is 21.8 Å². The van der Waals surface area contributed by atoms with E-state index in [1.807, 2.05) is 57.2 Å². The highest BCUT2D eigenvalue weighted by molar-refractivity contribution is 7.22. The molecule has 0 bridgehead atoms. The Morgan fingerprint density at radius 1 is 1.23 bits per heavy atom. The molecule has 0 saturated carbocycles. The lowest BCUT2D eigenvalue weighted by atomic mass is 9.91. The zero-order valence-electron chi connectivity index (χ0n) is 18.2. The van der Waals surface area contributed by atoms with Crippen LogP contribution >= 0.6 is 11.3 Å². The molecule has 6 heteroatoms. The van der Waals surface area contributed by atoms with Crippen molar-refractivity contribution in [2.45, 2.75) is 46.6 Å². The van der Waals surface area contributed by atoms with Crippen LogP contribution in [0.4, 0.5) is 5.13 Å². The van der Waals surface area contributed by atoms with Crippen molar-refractivity contribution in [3.63, 3.8) is 0 Å². The van der Waals surface area contributed by atoms with Crippen LogP contribution in [-0.4, -0.2) is 21.8 Å². The largest absolute Gasteiger partial charge is 0.503 e. The minimum Gasteiger partial charge on any atom is -0.503 e. The van der Waals surface area contributed by atoms with Gasteiger partial charge in [-0.1, -0.05) is 68.0 Å². The van der Waals surface area contributed by atoms with Crippen LogP contribution in [0, 0.1) is 12.8 Å². The van der Waals surface area contributed by atoms with Gasteiger partial charge in [0, 0.05) is 6.42 Å². The van der Waals surface area contributed by atoms with E-state index in [0.29, 0.717) is 5.13 Å². The van der Waals surface area contributed by atoms with E-state index in [-0.39, 0.29) is 23.7 Å². The van der Waals surface area contributed by atoms with E-state index in [2.05, 4.69) is 18.0 Å². The van der Waals surface area contributed by atoms with E-state index in [1.54, 1.807) is 0 Å². The molecule has 1 aliphatic rings. The lowest BCUT2D eigenvalue weighted by Gasteiger charge is -2.25. The molecule has 2 aromatic carbocycles. The second-order valence-corrected chi connectivity index (χ2v) is 9.44. The Kier molecular flexibility index (Phi) is 5.67. The average molecular weight is 435 g/mol. The van der Waals surface area contributed by atoms with Crippen molar-refractivity contribution in [3.05, 3.63) is 70.5 Å². The van der Waals surface area contributed by atoms with E-state index >= 15 is 0 Å². The number of benzene rings is 2. The van der Waals surface area contributed by atoms with Gasteiger partial charge in [-0.2, -0.15) is 0 Å². The molecule has 5 nitrogen and oxygen atoms in total. The van der Waals surface area contributed by atoms with Crippen LogP contribution in [-0.2, 0) is 16.0 Å². The third-order valence-electron chi connectivity index (χ3n) is 5.52. The summed E-state index contributed by atoms with van der Waals surface area (Å²) in [6, 6.07) is 13.1. The Labute approximate surface area is 186 Å². The fourth-order valence-electron chi connectivity index (χ4n) is 4.00. The second kappa shape index (κ2) is 8.27. The summed E-state index contributed by atoms with van der Waals surface area (Å²) < 4.78 is 0.978. The number of aromatic nitrogens is 1. The van der Waals surface area contributed by atoms with Gasteiger partial charge in [-0.25, -0.2) is 4.98 Å². The molecule has 0 spiro atoms. The molecule has 0 radical (unpaired) electrons. The van der Waals surface area contributed by atoms with Crippen LogP contribution in [0.3, 0.4) is 0 Å². The molecule has 0 fully saturated rings. The first-order valence-corrected chi connectivity index (χ1v) is 11.4. The Morgan fingerprint density at radius 2 is 2.00 bits per heavy atom. The fraction of sp³-hybridized carbons (Fsp3) is 0.320. The Bertz CT molecular complexity index is 1210. The van der Waals surface area contributed by atoms with Gasteiger partial charge in [-0.05, 0) is 42.5 Å². The van der Waals surface area contributed by atoms with Crippen LogP contribution in [0.2, 0.25) is 0 Å². The summed E-state index contributed by atoms with van der Waals surface area (Å²) >= 11 is 1.41. The fourth-order valence-corrected chi connectivity index (χ4v) is 5.06. The molecule has 1 amide bonds. The maximum atomic E-state index is 13.2. The molecule has 1 aliphatic heterocycles. The zero-order valence-corrected chi connectivity index (χ0v) is 19.0. The number of Topliss-reactive ketones (excluding diaryl/α,β-unsaturated/α-hetero) is 1. The molecular formula is C25H26N2O3S. The number of anilines is 1. The number of carbonyl (C=O) groups is 2. The van der Waals surface area contributed by atoms with Crippen LogP contribution in [0.1, 0.15) is 49.9 Å². The average Bonchev–Trinajstić information content (AvgIpc) is 3.25. The summed E-state index contributed by atoms with van der Waals surface area (Å²) in [5.74, 6) is -1.13. The molecule has 2 heterocycles. The Balaban J connectivity index is 1.86. The van der Waals surface area contributed by atoms with Gasteiger partial charge in [0.05, 0.1) is 21.8 Å². The summed E-state index contributed by atoms with van der Waals surface area (Å²) in [6.45, 7) is 7.96. The number of ketones is 1. The number of thiazole rings is 1. The smallest absolute Gasteiger partial charge is 0.296 e. The number of nitrogens with zero attached hydrogens (tertiary/aromatic N) is 2. The van der Waals surface area contributed by atoms with E-state index in [0.717, 1.165) is 27.8 Å². The molecule has 3 aromatic rings. The molecular weight excluding hydrogens is 408 g/mol. The molecule has 1 N–H and O–H groups in total. The Morgan fingerprint density at radius 3 is 2.68 bits per heavy atom. The minimum absolute atomic E-state index is 0.116. The van der Waals surface area contributed by atoms with Gasteiger partial charge in [-0.15, -0.1) is 0 Å². The van der Waals surface area contributed by atoms with Crippen molar-refractivity contribution in [1.82, 2.24) is 4.98 Å². The quantitative estimate of drug-likeness (QED) is 0.542. The van der Waals surface area contributed by atoms with E-state index in [4.69, 9.17) is 0 Å². The first kappa shape index (κ1) is 21.2. The highest BCUT2D eigenvalue weighted by atomic mass is 32.1. The van der Waals surface area contributed by atoms with Crippen molar-refractivity contribution in [2.75, 3.05) is 4.90 Å². The molecule has 1 atom stereocenters. The second-order valence-electron chi connectivity index (χ2n) is 8.43.